The maximum Gasteiger partial charge on any atom is 0.292 e. The number of carbonyl (C=O) groups is 1. The number of thioether (sulfide) groups is 1. The van der Waals surface area contributed by atoms with Gasteiger partial charge in [0, 0.05) is 24.9 Å². The van der Waals surface area contributed by atoms with Crippen LogP contribution in [0.1, 0.15) is 17.3 Å². The van der Waals surface area contributed by atoms with Crippen LogP contribution in [0.3, 0.4) is 0 Å². The van der Waals surface area contributed by atoms with Crippen molar-refractivity contribution in [3.05, 3.63) is 33.9 Å². The van der Waals surface area contributed by atoms with Crippen molar-refractivity contribution in [2.45, 2.75) is 13.0 Å². The number of benzene rings is 1. The van der Waals surface area contributed by atoms with E-state index in [1.165, 1.54) is 18.2 Å². The van der Waals surface area contributed by atoms with Crippen LogP contribution in [0.2, 0.25) is 0 Å². The van der Waals surface area contributed by atoms with E-state index in [0.29, 0.717) is 0 Å². The minimum absolute atomic E-state index is 0.0289. The van der Waals surface area contributed by atoms with Crippen molar-refractivity contribution in [2.24, 2.45) is 0 Å². The second kappa shape index (κ2) is 6.42. The molecule has 1 aromatic rings. The summed E-state index contributed by atoms with van der Waals surface area (Å²) >= 11 is 1.63. The molecule has 1 unspecified atom stereocenters. The van der Waals surface area contributed by atoms with Crippen LogP contribution < -0.4 is 5.73 Å². The number of nitrogen functional groups attached to an aromatic ring is 1. The van der Waals surface area contributed by atoms with E-state index >= 15 is 0 Å². The molecular formula is C12H17N3O3S. The van der Waals surface area contributed by atoms with Crippen LogP contribution in [-0.2, 0) is 0 Å². The van der Waals surface area contributed by atoms with Crippen molar-refractivity contribution in [3.63, 3.8) is 0 Å². The average Bonchev–Trinajstić information content (AvgIpc) is 2.37. The first-order valence-corrected chi connectivity index (χ1v) is 7.08. The normalized spacial score (nSPS) is 11.9. The van der Waals surface area contributed by atoms with Crippen molar-refractivity contribution in [3.8, 4) is 0 Å². The highest BCUT2D eigenvalue weighted by molar-refractivity contribution is 7.98. The Labute approximate surface area is 116 Å². The first-order chi connectivity index (χ1) is 8.90. The van der Waals surface area contributed by atoms with Gasteiger partial charge in [-0.2, -0.15) is 11.8 Å². The van der Waals surface area contributed by atoms with Gasteiger partial charge < -0.3 is 10.6 Å². The molecule has 0 saturated heterocycles. The Morgan fingerprint density at radius 2 is 2.21 bits per heavy atom. The molecule has 0 spiro atoms. The monoisotopic (exact) mass is 283 g/mol. The van der Waals surface area contributed by atoms with E-state index < -0.39 is 4.92 Å². The highest BCUT2D eigenvalue weighted by Gasteiger charge is 2.23. The topological polar surface area (TPSA) is 89.5 Å². The summed E-state index contributed by atoms with van der Waals surface area (Å²) < 4.78 is 0. The van der Waals surface area contributed by atoms with Gasteiger partial charge in [-0.3, -0.25) is 14.9 Å². The van der Waals surface area contributed by atoms with E-state index in [9.17, 15) is 14.9 Å². The molecule has 104 valence electrons. The highest BCUT2D eigenvalue weighted by Crippen LogP contribution is 2.26. The first-order valence-electron chi connectivity index (χ1n) is 5.69. The molecule has 2 N–H and O–H groups in total. The molecule has 19 heavy (non-hydrogen) atoms. The number of nitro benzene ring substituents is 1. The minimum Gasteiger partial charge on any atom is -0.393 e. The maximum atomic E-state index is 12.3. The summed E-state index contributed by atoms with van der Waals surface area (Å²) in [4.78, 5) is 24.0. The quantitative estimate of drug-likeness (QED) is 0.507. The van der Waals surface area contributed by atoms with Gasteiger partial charge in [0.25, 0.3) is 11.6 Å². The fourth-order valence-electron chi connectivity index (χ4n) is 1.64. The van der Waals surface area contributed by atoms with E-state index in [4.69, 9.17) is 5.73 Å². The zero-order chi connectivity index (χ0) is 14.6. The summed E-state index contributed by atoms with van der Waals surface area (Å²) in [5.41, 5.74) is 5.55. The lowest BCUT2D eigenvalue weighted by molar-refractivity contribution is -0.383. The SMILES string of the molecule is CSCC(C)N(C)C(=O)c1cccc([N+](=O)[O-])c1N. The molecule has 0 saturated carbocycles. The second-order valence-electron chi connectivity index (χ2n) is 4.22. The van der Waals surface area contributed by atoms with E-state index in [1.807, 2.05) is 13.2 Å². The summed E-state index contributed by atoms with van der Waals surface area (Å²) in [6.07, 6.45) is 1.95. The standard InChI is InChI=1S/C12H17N3O3S/c1-8(7-19-3)14(2)12(16)9-5-4-6-10(11(9)13)15(17)18/h4-6,8H,7,13H2,1-3H3. The third-order valence-electron chi connectivity index (χ3n) is 2.90. The Kier molecular flexibility index (Phi) is 5.17. The van der Waals surface area contributed by atoms with Gasteiger partial charge in [-0.1, -0.05) is 6.07 Å². The first kappa shape index (κ1) is 15.3. The second-order valence-corrected chi connectivity index (χ2v) is 5.13. The molecule has 1 aromatic carbocycles. The van der Waals surface area contributed by atoms with Crippen LogP contribution in [-0.4, -0.2) is 40.8 Å². The van der Waals surface area contributed by atoms with Gasteiger partial charge in [-0.15, -0.1) is 0 Å². The van der Waals surface area contributed by atoms with Crippen molar-refractivity contribution < 1.29 is 9.72 Å². The number of para-hydroxylation sites is 1. The van der Waals surface area contributed by atoms with Crippen LogP contribution in [0.5, 0.6) is 0 Å². The summed E-state index contributed by atoms with van der Waals surface area (Å²) in [7, 11) is 1.67. The molecule has 0 radical (unpaired) electrons. The Morgan fingerprint density at radius 3 is 2.74 bits per heavy atom. The fourth-order valence-corrected chi connectivity index (χ4v) is 2.35. The molecule has 0 aliphatic heterocycles. The lowest BCUT2D eigenvalue weighted by atomic mass is 10.1. The number of hydrogen-bond acceptors (Lipinski definition) is 5. The number of anilines is 1. The Bertz CT molecular complexity index is 493. The van der Waals surface area contributed by atoms with Gasteiger partial charge in [0.15, 0.2) is 0 Å². The van der Waals surface area contributed by atoms with Gasteiger partial charge in [0.1, 0.15) is 5.69 Å². The third-order valence-corrected chi connectivity index (χ3v) is 3.72. The van der Waals surface area contributed by atoms with Crippen LogP contribution >= 0.6 is 11.8 Å². The van der Waals surface area contributed by atoms with E-state index in [1.54, 1.807) is 23.7 Å². The Morgan fingerprint density at radius 1 is 1.58 bits per heavy atom. The summed E-state index contributed by atoms with van der Waals surface area (Å²) in [6.45, 7) is 1.92. The number of nitrogens with zero attached hydrogens (tertiary/aromatic N) is 2. The molecule has 0 aromatic heterocycles. The lowest BCUT2D eigenvalue weighted by Gasteiger charge is -2.24. The van der Waals surface area contributed by atoms with E-state index in [0.717, 1.165) is 5.75 Å². The van der Waals surface area contributed by atoms with Gasteiger partial charge in [0.2, 0.25) is 0 Å². The number of carbonyl (C=O) groups excluding carboxylic acids is 1. The minimum atomic E-state index is -0.586. The number of amides is 1. The smallest absolute Gasteiger partial charge is 0.292 e. The van der Waals surface area contributed by atoms with E-state index in [-0.39, 0.29) is 28.9 Å². The fraction of sp³-hybridized carbons (Fsp3) is 0.417. The van der Waals surface area contributed by atoms with Crippen molar-refractivity contribution in [1.29, 1.82) is 0 Å². The van der Waals surface area contributed by atoms with Gasteiger partial charge >= 0.3 is 0 Å². The summed E-state index contributed by atoms with van der Waals surface area (Å²) in [5.74, 6) is 0.486. The maximum absolute atomic E-state index is 12.3. The number of rotatable bonds is 5. The summed E-state index contributed by atoms with van der Waals surface area (Å²) in [5, 5.41) is 10.8. The highest BCUT2D eigenvalue weighted by atomic mass is 32.2. The Hall–Kier alpha value is -1.76. The molecule has 0 aliphatic carbocycles. The van der Waals surface area contributed by atoms with E-state index in [2.05, 4.69) is 0 Å². The molecule has 1 rings (SSSR count). The average molecular weight is 283 g/mol. The van der Waals surface area contributed by atoms with Crippen molar-refractivity contribution in [1.82, 2.24) is 4.90 Å². The summed E-state index contributed by atoms with van der Waals surface area (Å²) in [6, 6.07) is 4.29. The van der Waals surface area contributed by atoms with Crippen LogP contribution in [0.4, 0.5) is 11.4 Å². The largest absolute Gasteiger partial charge is 0.393 e. The number of hydrogen-bond donors (Lipinski definition) is 1. The molecule has 0 fully saturated rings. The number of nitro groups is 1. The zero-order valence-electron chi connectivity index (χ0n) is 11.1. The molecule has 1 amide bonds. The molecule has 1 atom stereocenters. The van der Waals surface area contributed by atoms with Gasteiger partial charge in [-0.25, -0.2) is 0 Å². The van der Waals surface area contributed by atoms with Crippen molar-refractivity contribution >= 4 is 29.0 Å². The van der Waals surface area contributed by atoms with Gasteiger partial charge in [0.05, 0.1) is 10.5 Å². The van der Waals surface area contributed by atoms with Crippen LogP contribution in [0.15, 0.2) is 18.2 Å². The molecule has 7 heteroatoms. The molecule has 0 aliphatic rings. The number of nitrogens with two attached hydrogens (primary N) is 1. The Balaban J connectivity index is 3.06. The van der Waals surface area contributed by atoms with Crippen LogP contribution in [0, 0.1) is 10.1 Å². The predicted octanol–water partition coefficient (Wildman–Crippen LogP) is 2.00. The molecule has 6 nitrogen and oxygen atoms in total. The zero-order valence-corrected chi connectivity index (χ0v) is 11.9. The third kappa shape index (κ3) is 3.37. The molecule has 0 heterocycles. The lowest BCUT2D eigenvalue weighted by Crippen LogP contribution is -2.37. The van der Waals surface area contributed by atoms with Crippen molar-refractivity contribution in [2.75, 3.05) is 24.8 Å². The molecular weight excluding hydrogens is 266 g/mol. The van der Waals surface area contributed by atoms with Gasteiger partial charge in [-0.05, 0) is 19.2 Å². The predicted molar refractivity (Wildman–Crippen MR) is 77.4 cm³/mol. The van der Waals surface area contributed by atoms with Crippen LogP contribution in [0.25, 0.3) is 0 Å². The molecule has 0 bridgehead atoms.